The third-order valence-electron chi connectivity index (χ3n) is 0.967. The molecule has 6 nitrogen and oxygen atoms in total. The van der Waals surface area contributed by atoms with Gasteiger partial charge in [-0.1, -0.05) is 6.08 Å². The molecule has 0 aromatic carbocycles. The fourth-order valence-electron chi connectivity index (χ4n) is 0.507. The summed E-state index contributed by atoms with van der Waals surface area (Å²) in [5.74, 6) is -2.11. The number of nitrogens with two attached hydrogens (primary N) is 2. The Labute approximate surface area is 68.2 Å². The lowest BCUT2D eigenvalue weighted by Crippen LogP contribution is -2.26. The molecule has 0 bridgehead atoms. The first-order valence-electron chi connectivity index (χ1n) is 2.96. The Balaban J connectivity index is 4.46. The zero-order valence-electron chi connectivity index (χ0n) is 6.37. The first kappa shape index (κ1) is 10.2. The van der Waals surface area contributed by atoms with Crippen LogP contribution in [0.5, 0.6) is 0 Å². The largest absolute Gasteiger partial charge is 0.412 e. The van der Waals surface area contributed by atoms with Crippen LogP contribution in [0, 0.1) is 0 Å². The Morgan fingerprint density at radius 1 is 1.25 bits per heavy atom. The van der Waals surface area contributed by atoms with Crippen molar-refractivity contribution >= 4 is 18.0 Å². The van der Waals surface area contributed by atoms with Gasteiger partial charge in [0.25, 0.3) is 5.91 Å². The molecule has 0 radical (unpaired) electrons. The molecule has 0 heterocycles. The van der Waals surface area contributed by atoms with Crippen LogP contribution in [-0.2, 0) is 14.3 Å². The fraction of sp³-hybridized carbons (Fsp3) is 0.167. The van der Waals surface area contributed by atoms with Gasteiger partial charge in [-0.15, -0.1) is 0 Å². The summed E-state index contributed by atoms with van der Waals surface area (Å²) in [5, 5.41) is 0. The summed E-state index contributed by atoms with van der Waals surface area (Å²) in [7, 11) is 0. The average Bonchev–Trinajstić information content (AvgIpc) is 1.85. The number of primary amides is 2. The number of esters is 1. The number of rotatable bonds is 2. The Kier molecular flexibility index (Phi) is 3.48. The predicted octanol–water partition coefficient (Wildman–Crippen LogP) is -0.960. The Morgan fingerprint density at radius 3 is 2.00 bits per heavy atom. The van der Waals surface area contributed by atoms with E-state index < -0.39 is 23.5 Å². The molecule has 0 aliphatic rings. The van der Waals surface area contributed by atoms with Crippen molar-refractivity contribution in [2.24, 2.45) is 11.5 Å². The molecule has 4 N–H and O–H groups in total. The lowest BCUT2D eigenvalue weighted by Gasteiger charge is -1.98. The highest BCUT2D eigenvalue weighted by Gasteiger charge is 2.17. The van der Waals surface area contributed by atoms with Gasteiger partial charge in [0.1, 0.15) is 5.57 Å². The molecule has 6 heteroatoms. The zero-order chi connectivity index (χ0) is 9.72. The molecule has 0 saturated heterocycles. The van der Waals surface area contributed by atoms with Crippen LogP contribution in [0.2, 0.25) is 0 Å². The van der Waals surface area contributed by atoms with Crippen LogP contribution in [0.3, 0.4) is 0 Å². The van der Waals surface area contributed by atoms with Crippen molar-refractivity contribution in [1.82, 2.24) is 0 Å². The molecule has 2 amide bonds. The minimum Gasteiger partial charge on any atom is -0.373 e. The van der Waals surface area contributed by atoms with Gasteiger partial charge in [0.05, 0.1) is 0 Å². The minimum atomic E-state index is -1.28. The first-order chi connectivity index (χ1) is 5.49. The number of carbonyl (C=O) groups excluding carboxylic acids is 3. The van der Waals surface area contributed by atoms with Crippen LogP contribution in [0.1, 0.15) is 6.92 Å². The van der Waals surface area contributed by atoms with E-state index in [2.05, 4.69) is 10.5 Å². The number of hydrogen-bond donors (Lipinski definition) is 2. The van der Waals surface area contributed by atoms with E-state index in [1.54, 1.807) is 0 Å². The number of allylic oxidation sites excluding steroid dienone is 1. The second kappa shape index (κ2) is 4.12. The summed E-state index contributed by atoms with van der Waals surface area (Å²) in [6.45, 7) is 1.41. The fourth-order valence-corrected chi connectivity index (χ4v) is 0.507. The van der Waals surface area contributed by atoms with Gasteiger partial charge >= 0.3 is 12.1 Å². The number of amides is 2. The standard InChI is InChI=1S/C6H8N2O4/c1-2-3(4(7)9)5(10)12-6(8)11/h2H,1H3,(H2,7,9)(H2,8,11). The van der Waals surface area contributed by atoms with Crippen molar-refractivity contribution in [2.75, 3.05) is 0 Å². The smallest absolute Gasteiger partial charge is 0.373 e. The molecule has 66 valence electrons. The summed E-state index contributed by atoms with van der Waals surface area (Å²) >= 11 is 0. The second-order valence-electron chi connectivity index (χ2n) is 1.78. The van der Waals surface area contributed by atoms with Crippen molar-refractivity contribution in [3.63, 3.8) is 0 Å². The van der Waals surface area contributed by atoms with E-state index in [1.165, 1.54) is 6.92 Å². The van der Waals surface area contributed by atoms with Crippen molar-refractivity contribution in [3.8, 4) is 0 Å². The molecule has 0 aromatic rings. The Hall–Kier alpha value is -1.85. The number of ether oxygens (including phenoxy) is 1. The van der Waals surface area contributed by atoms with Crippen molar-refractivity contribution < 1.29 is 19.1 Å². The molecular formula is C6H8N2O4. The molecule has 0 unspecified atom stereocenters. The van der Waals surface area contributed by atoms with Gasteiger partial charge in [0.2, 0.25) is 0 Å². The van der Waals surface area contributed by atoms with Crippen LogP contribution in [0.25, 0.3) is 0 Å². The molecule has 0 rings (SSSR count). The van der Waals surface area contributed by atoms with E-state index in [0.717, 1.165) is 6.08 Å². The van der Waals surface area contributed by atoms with E-state index in [-0.39, 0.29) is 0 Å². The second-order valence-corrected chi connectivity index (χ2v) is 1.78. The maximum atomic E-state index is 10.7. The molecule has 0 saturated carbocycles. The molecular weight excluding hydrogens is 164 g/mol. The van der Waals surface area contributed by atoms with E-state index in [1.807, 2.05) is 0 Å². The van der Waals surface area contributed by atoms with Gasteiger partial charge in [0.15, 0.2) is 0 Å². The SMILES string of the molecule is CC=C(C(N)=O)C(=O)OC(N)=O. The monoisotopic (exact) mass is 172 g/mol. The van der Waals surface area contributed by atoms with E-state index in [9.17, 15) is 14.4 Å². The molecule has 0 aliphatic heterocycles. The van der Waals surface area contributed by atoms with Gasteiger partial charge in [-0.25, -0.2) is 9.59 Å². The maximum Gasteiger partial charge on any atom is 0.412 e. The van der Waals surface area contributed by atoms with Gasteiger partial charge in [-0.05, 0) is 6.92 Å². The van der Waals surface area contributed by atoms with Gasteiger partial charge in [-0.2, -0.15) is 0 Å². The number of hydrogen-bond acceptors (Lipinski definition) is 4. The van der Waals surface area contributed by atoms with E-state index >= 15 is 0 Å². The lowest BCUT2D eigenvalue weighted by molar-refractivity contribution is -0.134. The van der Waals surface area contributed by atoms with Crippen LogP contribution in [0.15, 0.2) is 11.6 Å². The Bertz CT molecular complexity index is 256. The third-order valence-corrected chi connectivity index (χ3v) is 0.967. The van der Waals surface area contributed by atoms with Crippen molar-refractivity contribution in [3.05, 3.63) is 11.6 Å². The molecule has 12 heavy (non-hydrogen) atoms. The van der Waals surface area contributed by atoms with Crippen LogP contribution in [-0.4, -0.2) is 18.0 Å². The zero-order valence-corrected chi connectivity index (χ0v) is 6.37. The predicted molar refractivity (Wildman–Crippen MR) is 38.6 cm³/mol. The van der Waals surface area contributed by atoms with Gasteiger partial charge in [-0.3, -0.25) is 4.79 Å². The molecule has 0 aliphatic carbocycles. The van der Waals surface area contributed by atoms with Gasteiger partial charge < -0.3 is 16.2 Å². The van der Waals surface area contributed by atoms with Crippen LogP contribution < -0.4 is 11.5 Å². The molecule has 0 atom stereocenters. The van der Waals surface area contributed by atoms with Crippen LogP contribution in [0.4, 0.5) is 4.79 Å². The third kappa shape index (κ3) is 2.82. The highest BCUT2D eigenvalue weighted by Crippen LogP contribution is 1.96. The highest BCUT2D eigenvalue weighted by atomic mass is 16.6. The average molecular weight is 172 g/mol. The maximum absolute atomic E-state index is 10.7. The summed E-state index contributed by atoms with van der Waals surface area (Å²) in [6, 6.07) is 0. The number of carbonyl (C=O) groups is 3. The lowest BCUT2D eigenvalue weighted by atomic mass is 10.2. The first-order valence-corrected chi connectivity index (χ1v) is 2.96. The van der Waals surface area contributed by atoms with E-state index in [4.69, 9.17) is 5.73 Å². The highest BCUT2D eigenvalue weighted by molar-refractivity contribution is 6.17. The quantitative estimate of drug-likeness (QED) is 0.241. The normalized spacial score (nSPS) is 10.6. The molecule has 0 aromatic heterocycles. The van der Waals surface area contributed by atoms with Crippen LogP contribution >= 0.6 is 0 Å². The summed E-state index contributed by atoms with van der Waals surface area (Å²) < 4.78 is 3.90. The molecule has 0 spiro atoms. The van der Waals surface area contributed by atoms with Crippen molar-refractivity contribution in [1.29, 1.82) is 0 Å². The summed E-state index contributed by atoms with van der Waals surface area (Å²) in [6.07, 6.45) is -0.145. The molecule has 0 fully saturated rings. The Morgan fingerprint density at radius 2 is 1.75 bits per heavy atom. The topological polar surface area (TPSA) is 112 Å². The van der Waals surface area contributed by atoms with Crippen molar-refractivity contribution in [2.45, 2.75) is 6.92 Å². The van der Waals surface area contributed by atoms with E-state index in [0.29, 0.717) is 0 Å². The summed E-state index contributed by atoms with van der Waals surface area (Å²) in [4.78, 5) is 31.2. The minimum absolute atomic E-state index is 0.409. The van der Waals surface area contributed by atoms with Gasteiger partial charge in [0, 0.05) is 0 Å². The summed E-state index contributed by atoms with van der Waals surface area (Å²) in [5.41, 5.74) is 8.88.